The number of aromatic nitrogens is 1. The maximum Gasteiger partial charge on any atom is 0.251 e. The number of H-pyrrole nitrogens is 1. The Balaban J connectivity index is 1.92. The molecule has 3 aromatic rings. The second-order valence-corrected chi connectivity index (χ2v) is 9.65. The third kappa shape index (κ3) is 4.96. The van der Waals surface area contributed by atoms with E-state index in [1.165, 1.54) is 0 Å². The van der Waals surface area contributed by atoms with Gasteiger partial charge in [-0.2, -0.15) is 5.26 Å². The number of hydrogen-bond donors (Lipinski definition) is 2. The number of nitrogens with zero attached hydrogens (tertiary/aromatic N) is 1. The summed E-state index contributed by atoms with van der Waals surface area (Å²) >= 11 is 0. The molecule has 0 aliphatic rings. The van der Waals surface area contributed by atoms with Gasteiger partial charge in [-0.05, 0) is 54.0 Å². The van der Waals surface area contributed by atoms with E-state index in [1.807, 2.05) is 62.4 Å². The van der Waals surface area contributed by atoms with Gasteiger partial charge in [-0.25, -0.2) is 13.1 Å². The molecule has 1 unspecified atom stereocenters. The summed E-state index contributed by atoms with van der Waals surface area (Å²) in [6.45, 7) is 4.01. The van der Waals surface area contributed by atoms with E-state index in [-0.39, 0.29) is 12.1 Å². The minimum absolute atomic E-state index is 0.105. The Labute approximate surface area is 176 Å². The molecule has 0 aliphatic heterocycles. The highest BCUT2D eigenvalue weighted by atomic mass is 32.2. The molecule has 0 spiro atoms. The van der Waals surface area contributed by atoms with Gasteiger partial charge < -0.3 is 4.98 Å². The van der Waals surface area contributed by atoms with Crippen LogP contribution in [0.5, 0.6) is 0 Å². The molecule has 6 nitrogen and oxygen atoms in total. The molecule has 0 fully saturated rings. The van der Waals surface area contributed by atoms with Crippen LogP contribution in [0.3, 0.4) is 0 Å². The average Bonchev–Trinajstić information content (AvgIpc) is 2.71. The third-order valence-corrected chi connectivity index (χ3v) is 5.94. The number of fused-ring (bicyclic) bond motifs is 1. The van der Waals surface area contributed by atoms with Crippen molar-refractivity contribution in [3.05, 3.63) is 81.1 Å². The highest BCUT2D eigenvalue weighted by molar-refractivity contribution is 7.88. The predicted molar refractivity (Wildman–Crippen MR) is 119 cm³/mol. The molecule has 30 heavy (non-hydrogen) atoms. The maximum absolute atomic E-state index is 12.2. The second-order valence-electron chi connectivity index (χ2n) is 7.81. The maximum atomic E-state index is 12.2. The van der Waals surface area contributed by atoms with E-state index >= 15 is 0 Å². The van der Waals surface area contributed by atoms with Gasteiger partial charge in [-0.3, -0.25) is 4.79 Å². The number of aromatic amines is 1. The molecule has 0 saturated heterocycles. The molecule has 0 bridgehead atoms. The first-order chi connectivity index (χ1) is 14.1. The fourth-order valence-electron chi connectivity index (χ4n) is 3.53. The molecule has 3 rings (SSSR count). The summed E-state index contributed by atoms with van der Waals surface area (Å²) in [6.07, 6.45) is 2.24. The van der Waals surface area contributed by atoms with Crippen LogP contribution in [0.2, 0.25) is 0 Å². The normalized spacial score (nSPS) is 13.7. The molecular formula is C23H25N3O3S. The number of benzene rings is 2. The molecule has 156 valence electrons. The molecular weight excluding hydrogens is 398 g/mol. The molecule has 0 radical (unpaired) electrons. The molecule has 2 N–H and O–H groups in total. The number of sulfonamides is 1. The molecule has 7 heteroatoms. The van der Waals surface area contributed by atoms with Crippen LogP contribution >= 0.6 is 0 Å². The molecule has 0 saturated carbocycles. The standard InChI is InChI=1S/C23H25N3O3S/c1-4-18-11-19-8-9-20(12-21(19)26-22(18)27)23(2,15-24)13-16-6-5-7-17(10-16)14-25-30(3,28)29/h5-12,25H,4,13-14H2,1-3H3,(H,26,27). The number of nitriles is 1. The van der Waals surface area contributed by atoms with E-state index in [0.717, 1.165) is 33.9 Å². The Morgan fingerprint density at radius 3 is 2.53 bits per heavy atom. The fourth-order valence-corrected chi connectivity index (χ4v) is 3.96. The average molecular weight is 424 g/mol. The van der Waals surface area contributed by atoms with E-state index in [9.17, 15) is 18.5 Å². The van der Waals surface area contributed by atoms with Gasteiger partial charge in [0.2, 0.25) is 10.0 Å². The van der Waals surface area contributed by atoms with Gasteiger partial charge in [0, 0.05) is 17.6 Å². The van der Waals surface area contributed by atoms with Gasteiger partial charge in [0.15, 0.2) is 0 Å². The van der Waals surface area contributed by atoms with E-state index < -0.39 is 15.4 Å². The van der Waals surface area contributed by atoms with Crippen LogP contribution in [-0.2, 0) is 34.8 Å². The summed E-state index contributed by atoms with van der Waals surface area (Å²) in [7, 11) is -3.28. The summed E-state index contributed by atoms with van der Waals surface area (Å²) in [5.74, 6) is 0. The molecule has 1 atom stereocenters. The van der Waals surface area contributed by atoms with Crippen molar-refractivity contribution in [1.82, 2.24) is 9.71 Å². The number of aryl methyl sites for hydroxylation is 1. The lowest BCUT2D eigenvalue weighted by atomic mass is 9.78. The SMILES string of the molecule is CCc1cc2ccc(C(C)(C#N)Cc3cccc(CNS(C)(=O)=O)c3)cc2[nH]c1=O. The van der Waals surface area contributed by atoms with Gasteiger partial charge in [0.25, 0.3) is 5.56 Å². The van der Waals surface area contributed by atoms with Crippen LogP contribution in [0.1, 0.15) is 36.1 Å². The Morgan fingerprint density at radius 2 is 1.87 bits per heavy atom. The van der Waals surface area contributed by atoms with Gasteiger partial charge >= 0.3 is 0 Å². The third-order valence-electron chi connectivity index (χ3n) is 5.28. The molecule has 2 aromatic carbocycles. The number of nitrogens with one attached hydrogen (secondary N) is 2. The Hall–Kier alpha value is -2.95. The lowest BCUT2D eigenvalue weighted by Gasteiger charge is -2.23. The second kappa shape index (κ2) is 8.42. The minimum atomic E-state index is -3.28. The lowest BCUT2D eigenvalue weighted by Crippen LogP contribution is -2.24. The summed E-state index contributed by atoms with van der Waals surface area (Å²) < 4.78 is 25.2. The largest absolute Gasteiger partial charge is 0.322 e. The number of pyridine rings is 1. The number of rotatable bonds is 7. The summed E-state index contributed by atoms with van der Waals surface area (Å²) in [6, 6.07) is 17.6. The van der Waals surface area contributed by atoms with E-state index in [0.29, 0.717) is 18.4 Å². The lowest BCUT2D eigenvalue weighted by molar-refractivity contribution is 0.587. The van der Waals surface area contributed by atoms with Crippen molar-refractivity contribution in [2.24, 2.45) is 0 Å². The van der Waals surface area contributed by atoms with Crippen LogP contribution in [0.4, 0.5) is 0 Å². The molecule has 0 aliphatic carbocycles. The first kappa shape index (κ1) is 21.8. The zero-order chi connectivity index (χ0) is 21.9. The highest BCUT2D eigenvalue weighted by Crippen LogP contribution is 2.30. The molecule has 1 heterocycles. The summed E-state index contributed by atoms with van der Waals surface area (Å²) in [5, 5.41) is 10.9. The van der Waals surface area contributed by atoms with Gasteiger partial charge in [-0.15, -0.1) is 0 Å². The predicted octanol–water partition coefficient (Wildman–Crippen LogP) is 3.16. The number of hydrogen-bond acceptors (Lipinski definition) is 4. The van der Waals surface area contributed by atoms with Crippen LogP contribution in [0, 0.1) is 11.3 Å². The van der Waals surface area contributed by atoms with Crippen molar-refractivity contribution in [1.29, 1.82) is 5.26 Å². The van der Waals surface area contributed by atoms with Crippen LogP contribution in [-0.4, -0.2) is 19.7 Å². The van der Waals surface area contributed by atoms with Gasteiger partial charge in [0.1, 0.15) is 0 Å². The van der Waals surface area contributed by atoms with Crippen molar-refractivity contribution in [3.8, 4) is 6.07 Å². The molecule has 1 aromatic heterocycles. The van der Waals surface area contributed by atoms with Crippen LogP contribution in [0.15, 0.2) is 53.3 Å². The quantitative estimate of drug-likeness (QED) is 0.609. The van der Waals surface area contributed by atoms with Gasteiger partial charge in [-0.1, -0.05) is 43.3 Å². The topological polar surface area (TPSA) is 103 Å². The van der Waals surface area contributed by atoms with E-state index in [1.54, 1.807) is 0 Å². The summed E-state index contributed by atoms with van der Waals surface area (Å²) in [4.78, 5) is 15.1. The van der Waals surface area contributed by atoms with E-state index in [4.69, 9.17) is 0 Å². The first-order valence-corrected chi connectivity index (χ1v) is 11.6. The van der Waals surface area contributed by atoms with Crippen LogP contribution in [0.25, 0.3) is 10.9 Å². The minimum Gasteiger partial charge on any atom is -0.322 e. The Kier molecular flexibility index (Phi) is 6.11. The van der Waals surface area contributed by atoms with Crippen molar-refractivity contribution < 1.29 is 8.42 Å². The Morgan fingerprint density at radius 1 is 1.13 bits per heavy atom. The van der Waals surface area contributed by atoms with Crippen LogP contribution < -0.4 is 10.3 Å². The first-order valence-electron chi connectivity index (χ1n) is 9.74. The monoisotopic (exact) mass is 423 g/mol. The zero-order valence-electron chi connectivity index (χ0n) is 17.3. The van der Waals surface area contributed by atoms with Crippen molar-refractivity contribution in [3.63, 3.8) is 0 Å². The van der Waals surface area contributed by atoms with E-state index in [2.05, 4.69) is 15.8 Å². The Bertz CT molecular complexity index is 1290. The zero-order valence-corrected chi connectivity index (χ0v) is 18.1. The summed E-state index contributed by atoms with van der Waals surface area (Å²) in [5.41, 5.74) is 3.11. The van der Waals surface area contributed by atoms with Crippen molar-refractivity contribution >= 4 is 20.9 Å². The fraction of sp³-hybridized carbons (Fsp3) is 0.304. The smallest absolute Gasteiger partial charge is 0.251 e. The van der Waals surface area contributed by atoms with Crippen molar-refractivity contribution in [2.45, 2.75) is 38.6 Å². The van der Waals surface area contributed by atoms with Gasteiger partial charge in [0.05, 0.1) is 17.7 Å². The van der Waals surface area contributed by atoms with Crippen molar-refractivity contribution in [2.75, 3.05) is 6.26 Å². The highest BCUT2D eigenvalue weighted by Gasteiger charge is 2.27. The molecule has 0 amide bonds.